The topological polar surface area (TPSA) is 43.8 Å². The summed E-state index contributed by atoms with van der Waals surface area (Å²) in [5.41, 5.74) is 9.32. The molecule has 0 saturated heterocycles. The number of rotatable bonds is 3. The minimum Gasteiger partial charge on any atom is -0.343 e. The maximum Gasteiger partial charge on any atom is 0.0483 e. The van der Waals surface area contributed by atoms with Gasteiger partial charge in [-0.1, -0.05) is 6.07 Å². The van der Waals surface area contributed by atoms with Crippen molar-refractivity contribution in [3.8, 4) is 0 Å². The van der Waals surface area contributed by atoms with Crippen molar-refractivity contribution in [2.45, 2.75) is 13.1 Å². The Hall–Kier alpha value is -2.13. The van der Waals surface area contributed by atoms with E-state index >= 15 is 0 Å². The molecule has 3 heteroatoms. The maximum atomic E-state index is 5.66. The molecule has 2 N–H and O–H groups in total. The first-order valence-corrected chi connectivity index (χ1v) is 6.03. The van der Waals surface area contributed by atoms with E-state index in [1.807, 2.05) is 24.5 Å². The largest absolute Gasteiger partial charge is 0.343 e. The van der Waals surface area contributed by atoms with Gasteiger partial charge in [-0.2, -0.15) is 0 Å². The van der Waals surface area contributed by atoms with Crippen LogP contribution in [0.2, 0.25) is 0 Å². The molecule has 18 heavy (non-hydrogen) atoms. The van der Waals surface area contributed by atoms with E-state index in [1.54, 1.807) is 0 Å². The molecule has 90 valence electrons. The summed E-state index contributed by atoms with van der Waals surface area (Å²) in [6.45, 7) is 1.46. The molecule has 0 atom stereocenters. The Balaban J connectivity index is 1.98. The first-order chi connectivity index (χ1) is 8.86. The van der Waals surface area contributed by atoms with Crippen LogP contribution in [0, 0.1) is 0 Å². The highest BCUT2D eigenvalue weighted by molar-refractivity contribution is 5.81. The SMILES string of the molecule is NCc1ccc2c(ccn2Cc2ccncc2)c1. The second-order valence-corrected chi connectivity index (χ2v) is 4.40. The molecule has 3 rings (SSSR count). The van der Waals surface area contributed by atoms with E-state index in [-0.39, 0.29) is 0 Å². The normalized spacial score (nSPS) is 10.9. The fourth-order valence-electron chi connectivity index (χ4n) is 2.20. The summed E-state index contributed by atoms with van der Waals surface area (Å²) >= 11 is 0. The van der Waals surface area contributed by atoms with Crippen LogP contribution < -0.4 is 5.73 Å². The molecule has 0 aliphatic heterocycles. The molecule has 0 amide bonds. The Labute approximate surface area is 106 Å². The Morgan fingerprint density at radius 3 is 2.61 bits per heavy atom. The lowest BCUT2D eigenvalue weighted by Crippen LogP contribution is -1.99. The van der Waals surface area contributed by atoms with Gasteiger partial charge in [0.2, 0.25) is 0 Å². The fourth-order valence-corrected chi connectivity index (χ4v) is 2.20. The first kappa shape index (κ1) is 11.0. The molecule has 0 fully saturated rings. The molecule has 3 nitrogen and oxygen atoms in total. The van der Waals surface area contributed by atoms with Crippen LogP contribution >= 0.6 is 0 Å². The van der Waals surface area contributed by atoms with Crippen LogP contribution in [0.3, 0.4) is 0 Å². The van der Waals surface area contributed by atoms with Crippen molar-refractivity contribution in [1.82, 2.24) is 9.55 Å². The molecule has 0 unspecified atom stereocenters. The number of fused-ring (bicyclic) bond motifs is 1. The highest BCUT2D eigenvalue weighted by Crippen LogP contribution is 2.18. The molecule has 0 aliphatic rings. The van der Waals surface area contributed by atoms with E-state index in [4.69, 9.17) is 5.73 Å². The van der Waals surface area contributed by atoms with E-state index in [0.29, 0.717) is 6.54 Å². The van der Waals surface area contributed by atoms with E-state index in [0.717, 1.165) is 6.54 Å². The van der Waals surface area contributed by atoms with Crippen LogP contribution in [0.15, 0.2) is 55.0 Å². The van der Waals surface area contributed by atoms with Gasteiger partial charge in [-0.25, -0.2) is 0 Å². The lowest BCUT2D eigenvalue weighted by molar-refractivity contribution is 0.834. The van der Waals surface area contributed by atoms with Gasteiger partial charge in [-0.3, -0.25) is 4.98 Å². The number of nitrogens with zero attached hydrogens (tertiary/aromatic N) is 2. The third-order valence-electron chi connectivity index (χ3n) is 3.17. The summed E-state index contributed by atoms with van der Waals surface area (Å²) in [7, 11) is 0. The zero-order chi connectivity index (χ0) is 12.4. The Bertz CT molecular complexity index is 656. The van der Waals surface area contributed by atoms with Gasteiger partial charge in [0.05, 0.1) is 0 Å². The van der Waals surface area contributed by atoms with Crippen LogP contribution in [0.4, 0.5) is 0 Å². The predicted molar refractivity (Wildman–Crippen MR) is 73.2 cm³/mol. The van der Waals surface area contributed by atoms with Gasteiger partial charge in [0.1, 0.15) is 0 Å². The van der Waals surface area contributed by atoms with Gasteiger partial charge in [0, 0.05) is 37.2 Å². The Kier molecular flexibility index (Phi) is 2.82. The number of aromatic nitrogens is 2. The minimum atomic E-state index is 0.589. The molecule has 0 saturated carbocycles. The number of benzene rings is 1. The first-order valence-electron chi connectivity index (χ1n) is 6.03. The van der Waals surface area contributed by atoms with Crippen molar-refractivity contribution in [2.75, 3.05) is 0 Å². The quantitative estimate of drug-likeness (QED) is 0.760. The van der Waals surface area contributed by atoms with Crippen molar-refractivity contribution in [3.05, 3.63) is 66.1 Å². The third-order valence-corrected chi connectivity index (χ3v) is 3.17. The van der Waals surface area contributed by atoms with E-state index in [1.165, 1.54) is 22.0 Å². The fraction of sp³-hybridized carbons (Fsp3) is 0.133. The van der Waals surface area contributed by atoms with Crippen LogP contribution in [0.25, 0.3) is 10.9 Å². The van der Waals surface area contributed by atoms with Gasteiger partial charge in [0.15, 0.2) is 0 Å². The van der Waals surface area contributed by atoms with E-state index in [9.17, 15) is 0 Å². The molecule has 0 radical (unpaired) electrons. The van der Waals surface area contributed by atoms with Crippen molar-refractivity contribution in [1.29, 1.82) is 0 Å². The number of hydrogen-bond donors (Lipinski definition) is 1. The lowest BCUT2D eigenvalue weighted by Gasteiger charge is -2.06. The Morgan fingerprint density at radius 2 is 1.83 bits per heavy atom. The Morgan fingerprint density at radius 1 is 1.00 bits per heavy atom. The van der Waals surface area contributed by atoms with E-state index < -0.39 is 0 Å². The molecule has 0 bridgehead atoms. The lowest BCUT2D eigenvalue weighted by atomic mass is 10.1. The molecule has 3 aromatic rings. The van der Waals surface area contributed by atoms with Crippen molar-refractivity contribution >= 4 is 10.9 Å². The number of hydrogen-bond acceptors (Lipinski definition) is 2. The number of nitrogens with two attached hydrogens (primary N) is 1. The molecule has 2 aromatic heterocycles. The summed E-state index contributed by atoms with van der Waals surface area (Å²) in [4.78, 5) is 4.04. The van der Waals surface area contributed by atoms with Crippen molar-refractivity contribution in [3.63, 3.8) is 0 Å². The van der Waals surface area contributed by atoms with Crippen LogP contribution in [0.1, 0.15) is 11.1 Å². The second-order valence-electron chi connectivity index (χ2n) is 4.40. The molecular weight excluding hydrogens is 222 g/mol. The molecule has 0 aliphatic carbocycles. The zero-order valence-corrected chi connectivity index (χ0v) is 10.1. The van der Waals surface area contributed by atoms with E-state index in [2.05, 4.69) is 40.0 Å². The van der Waals surface area contributed by atoms with Crippen molar-refractivity contribution < 1.29 is 0 Å². The van der Waals surface area contributed by atoms with Gasteiger partial charge in [-0.15, -0.1) is 0 Å². The van der Waals surface area contributed by atoms with Gasteiger partial charge < -0.3 is 10.3 Å². The highest BCUT2D eigenvalue weighted by atomic mass is 14.9. The zero-order valence-electron chi connectivity index (χ0n) is 10.1. The molecule has 0 spiro atoms. The van der Waals surface area contributed by atoms with Crippen molar-refractivity contribution in [2.24, 2.45) is 5.73 Å². The predicted octanol–water partition coefficient (Wildman–Crippen LogP) is 2.54. The maximum absolute atomic E-state index is 5.66. The average molecular weight is 237 g/mol. The summed E-state index contributed by atoms with van der Waals surface area (Å²) in [6.07, 6.45) is 5.77. The molecule has 1 aromatic carbocycles. The second kappa shape index (κ2) is 4.63. The summed E-state index contributed by atoms with van der Waals surface area (Å²) < 4.78 is 2.24. The van der Waals surface area contributed by atoms with Gasteiger partial charge in [-0.05, 0) is 46.8 Å². The standard InChI is InChI=1S/C15H15N3/c16-10-13-1-2-15-14(9-13)5-8-18(15)11-12-3-6-17-7-4-12/h1-9H,10-11,16H2. The van der Waals surface area contributed by atoms with Gasteiger partial charge in [0.25, 0.3) is 0 Å². The highest BCUT2D eigenvalue weighted by Gasteiger charge is 2.02. The van der Waals surface area contributed by atoms with Crippen LogP contribution in [-0.2, 0) is 13.1 Å². The molecular formula is C15H15N3. The third kappa shape index (κ3) is 2.00. The van der Waals surface area contributed by atoms with Gasteiger partial charge >= 0.3 is 0 Å². The monoisotopic (exact) mass is 237 g/mol. The minimum absolute atomic E-state index is 0.589. The van der Waals surface area contributed by atoms with Crippen LogP contribution in [0.5, 0.6) is 0 Å². The van der Waals surface area contributed by atoms with Crippen LogP contribution in [-0.4, -0.2) is 9.55 Å². The summed E-state index contributed by atoms with van der Waals surface area (Å²) in [5.74, 6) is 0. The smallest absolute Gasteiger partial charge is 0.0483 e. The number of pyridine rings is 1. The summed E-state index contributed by atoms with van der Waals surface area (Å²) in [6, 6.07) is 12.6. The summed E-state index contributed by atoms with van der Waals surface area (Å²) in [5, 5.41) is 1.24. The average Bonchev–Trinajstić information content (AvgIpc) is 2.82. The molecule has 2 heterocycles.